The Balaban J connectivity index is 1.89. The maximum absolute atomic E-state index is 12.9. The molecular formula is C19H23FN4O2. The Morgan fingerprint density at radius 2 is 1.65 bits per heavy atom. The summed E-state index contributed by atoms with van der Waals surface area (Å²) in [7, 11) is 3.94. The minimum Gasteiger partial charge on any atom is -0.352 e. The van der Waals surface area contributed by atoms with Crippen molar-refractivity contribution >= 4 is 11.8 Å². The Morgan fingerprint density at radius 3 is 2.27 bits per heavy atom. The fourth-order valence-electron chi connectivity index (χ4n) is 2.27. The van der Waals surface area contributed by atoms with Crippen molar-refractivity contribution in [1.29, 1.82) is 0 Å². The average molecular weight is 358 g/mol. The Kier molecular flexibility index (Phi) is 7.23. The zero-order valence-corrected chi connectivity index (χ0v) is 15.0. The molecule has 0 fully saturated rings. The van der Waals surface area contributed by atoms with Crippen LogP contribution in [0.25, 0.3) is 0 Å². The Hall–Kier alpha value is -2.80. The molecule has 0 aliphatic rings. The van der Waals surface area contributed by atoms with Crippen LogP contribution >= 0.6 is 0 Å². The van der Waals surface area contributed by atoms with Gasteiger partial charge in [0, 0.05) is 25.5 Å². The molecule has 138 valence electrons. The van der Waals surface area contributed by atoms with E-state index in [-0.39, 0.29) is 24.2 Å². The lowest BCUT2D eigenvalue weighted by atomic mass is 10.1. The Bertz CT molecular complexity index is 747. The number of aromatic nitrogens is 1. The number of hydrogen-bond acceptors (Lipinski definition) is 4. The largest absolute Gasteiger partial charge is 0.352 e. The molecule has 0 saturated heterocycles. The van der Waals surface area contributed by atoms with Gasteiger partial charge in [-0.05, 0) is 50.8 Å². The van der Waals surface area contributed by atoms with E-state index in [2.05, 4.69) is 15.6 Å². The molecule has 0 aliphatic carbocycles. The first-order valence-electron chi connectivity index (χ1n) is 8.36. The van der Waals surface area contributed by atoms with Crippen LogP contribution in [0.1, 0.15) is 32.7 Å². The van der Waals surface area contributed by atoms with E-state index in [0.29, 0.717) is 17.7 Å². The van der Waals surface area contributed by atoms with Crippen LogP contribution in [-0.2, 0) is 6.54 Å². The first-order valence-corrected chi connectivity index (χ1v) is 8.36. The van der Waals surface area contributed by atoms with E-state index in [1.807, 2.05) is 19.0 Å². The van der Waals surface area contributed by atoms with Gasteiger partial charge in [0.2, 0.25) is 0 Å². The Morgan fingerprint density at radius 1 is 1.04 bits per heavy atom. The minimum absolute atomic E-state index is 0.260. The van der Waals surface area contributed by atoms with Crippen molar-refractivity contribution in [2.75, 3.05) is 27.2 Å². The van der Waals surface area contributed by atoms with Crippen LogP contribution in [0.2, 0.25) is 0 Å². The number of carbonyl (C=O) groups excluding carboxylic acids is 2. The molecule has 2 rings (SSSR count). The van der Waals surface area contributed by atoms with E-state index in [0.717, 1.165) is 18.5 Å². The number of nitrogens with one attached hydrogen (secondary N) is 2. The monoisotopic (exact) mass is 358 g/mol. The summed E-state index contributed by atoms with van der Waals surface area (Å²) in [6.45, 7) is 1.70. The highest BCUT2D eigenvalue weighted by Gasteiger charge is 2.11. The molecule has 0 radical (unpaired) electrons. The summed E-state index contributed by atoms with van der Waals surface area (Å²) < 4.78 is 12.9. The quantitative estimate of drug-likeness (QED) is 0.706. The van der Waals surface area contributed by atoms with Crippen molar-refractivity contribution in [2.45, 2.75) is 13.0 Å². The fraction of sp³-hybridized carbons (Fsp3) is 0.316. The topological polar surface area (TPSA) is 74.3 Å². The third-order valence-corrected chi connectivity index (χ3v) is 3.70. The van der Waals surface area contributed by atoms with Crippen molar-refractivity contribution in [3.8, 4) is 0 Å². The number of hydrogen-bond donors (Lipinski definition) is 2. The van der Waals surface area contributed by atoms with Gasteiger partial charge in [-0.1, -0.05) is 12.1 Å². The molecular weight excluding hydrogens is 335 g/mol. The number of pyridine rings is 1. The van der Waals surface area contributed by atoms with E-state index in [1.54, 1.807) is 12.1 Å². The van der Waals surface area contributed by atoms with Crippen LogP contribution < -0.4 is 10.6 Å². The second-order valence-electron chi connectivity index (χ2n) is 6.18. The zero-order valence-electron chi connectivity index (χ0n) is 15.0. The number of nitrogens with zero attached hydrogens (tertiary/aromatic N) is 2. The molecule has 1 heterocycles. The van der Waals surface area contributed by atoms with Gasteiger partial charge in [0.15, 0.2) is 0 Å². The molecule has 0 atom stereocenters. The summed E-state index contributed by atoms with van der Waals surface area (Å²) in [6, 6.07) is 7.39. The molecule has 0 spiro atoms. The average Bonchev–Trinajstić information content (AvgIpc) is 2.64. The molecule has 0 saturated carbocycles. The number of halogens is 1. The van der Waals surface area contributed by atoms with E-state index in [9.17, 15) is 14.0 Å². The van der Waals surface area contributed by atoms with Crippen LogP contribution in [0.3, 0.4) is 0 Å². The SMILES string of the molecule is CN(C)CCCNC(=O)c1cncc(C(=O)NCc2ccc(F)cc2)c1. The van der Waals surface area contributed by atoms with Crippen molar-refractivity contribution in [2.24, 2.45) is 0 Å². The zero-order chi connectivity index (χ0) is 18.9. The summed E-state index contributed by atoms with van der Waals surface area (Å²) in [5, 5.41) is 5.54. The molecule has 0 unspecified atom stereocenters. The maximum Gasteiger partial charge on any atom is 0.253 e. The smallest absolute Gasteiger partial charge is 0.253 e. The minimum atomic E-state index is -0.343. The molecule has 1 aromatic heterocycles. The van der Waals surface area contributed by atoms with Gasteiger partial charge in [0.05, 0.1) is 11.1 Å². The van der Waals surface area contributed by atoms with Crippen molar-refractivity contribution in [3.63, 3.8) is 0 Å². The molecule has 2 amide bonds. The summed E-state index contributed by atoms with van der Waals surface area (Å²) in [6.07, 6.45) is 3.67. The first-order chi connectivity index (χ1) is 12.5. The van der Waals surface area contributed by atoms with Gasteiger partial charge in [-0.3, -0.25) is 14.6 Å². The predicted molar refractivity (Wildman–Crippen MR) is 97.3 cm³/mol. The highest BCUT2D eigenvalue weighted by atomic mass is 19.1. The lowest BCUT2D eigenvalue weighted by molar-refractivity contribution is 0.0950. The van der Waals surface area contributed by atoms with Crippen molar-refractivity contribution < 1.29 is 14.0 Å². The number of benzene rings is 1. The summed E-state index contributed by atoms with van der Waals surface area (Å²) >= 11 is 0. The normalized spacial score (nSPS) is 10.6. The number of carbonyl (C=O) groups is 2. The van der Waals surface area contributed by atoms with Crippen LogP contribution in [0.4, 0.5) is 4.39 Å². The van der Waals surface area contributed by atoms with E-state index in [1.165, 1.54) is 30.6 Å². The lowest BCUT2D eigenvalue weighted by Crippen LogP contribution is -2.28. The Labute approximate surface area is 152 Å². The van der Waals surface area contributed by atoms with Crippen molar-refractivity contribution in [3.05, 3.63) is 65.2 Å². The van der Waals surface area contributed by atoms with Crippen LogP contribution in [-0.4, -0.2) is 48.9 Å². The van der Waals surface area contributed by atoms with Gasteiger partial charge < -0.3 is 15.5 Å². The molecule has 2 aromatic rings. The molecule has 0 aliphatic heterocycles. The molecule has 6 nitrogen and oxygen atoms in total. The number of amides is 2. The van der Waals surface area contributed by atoms with Gasteiger partial charge >= 0.3 is 0 Å². The van der Waals surface area contributed by atoms with Gasteiger partial charge in [-0.15, -0.1) is 0 Å². The van der Waals surface area contributed by atoms with Crippen LogP contribution in [0.15, 0.2) is 42.7 Å². The van der Waals surface area contributed by atoms with E-state index < -0.39 is 0 Å². The van der Waals surface area contributed by atoms with E-state index in [4.69, 9.17) is 0 Å². The van der Waals surface area contributed by atoms with Gasteiger partial charge in [0.1, 0.15) is 5.82 Å². The van der Waals surface area contributed by atoms with E-state index >= 15 is 0 Å². The second-order valence-corrected chi connectivity index (χ2v) is 6.18. The highest BCUT2D eigenvalue weighted by molar-refractivity contribution is 5.99. The third kappa shape index (κ3) is 6.25. The predicted octanol–water partition coefficient (Wildman–Crippen LogP) is 1.83. The molecule has 1 aromatic carbocycles. The summed E-state index contributed by atoms with van der Waals surface area (Å²) in [5.41, 5.74) is 1.42. The summed E-state index contributed by atoms with van der Waals surface area (Å²) in [4.78, 5) is 30.4. The molecule has 26 heavy (non-hydrogen) atoms. The first kappa shape index (κ1) is 19.5. The van der Waals surface area contributed by atoms with Crippen molar-refractivity contribution in [1.82, 2.24) is 20.5 Å². The fourth-order valence-corrected chi connectivity index (χ4v) is 2.27. The standard InChI is InChI=1S/C19H23FN4O2/c1-24(2)9-3-8-22-18(25)15-10-16(13-21-12-15)19(26)23-11-14-4-6-17(20)7-5-14/h4-7,10,12-13H,3,8-9,11H2,1-2H3,(H,22,25)(H,23,26). The van der Waals surface area contributed by atoms with Crippen LogP contribution in [0, 0.1) is 5.82 Å². The lowest BCUT2D eigenvalue weighted by Gasteiger charge is -2.10. The second kappa shape index (κ2) is 9.62. The molecule has 2 N–H and O–H groups in total. The van der Waals surface area contributed by atoms with Crippen LogP contribution in [0.5, 0.6) is 0 Å². The van der Waals surface area contributed by atoms with Gasteiger partial charge in [0.25, 0.3) is 11.8 Å². The van der Waals surface area contributed by atoms with Gasteiger partial charge in [-0.25, -0.2) is 4.39 Å². The maximum atomic E-state index is 12.9. The summed E-state index contributed by atoms with van der Waals surface area (Å²) in [5.74, 6) is -0.929. The molecule has 0 bridgehead atoms. The molecule has 7 heteroatoms. The van der Waals surface area contributed by atoms with Gasteiger partial charge in [-0.2, -0.15) is 0 Å². The third-order valence-electron chi connectivity index (χ3n) is 3.70. The highest BCUT2D eigenvalue weighted by Crippen LogP contribution is 2.05. The number of rotatable bonds is 8.